The van der Waals surface area contributed by atoms with Gasteiger partial charge in [0.25, 0.3) is 5.56 Å². The summed E-state index contributed by atoms with van der Waals surface area (Å²) >= 11 is 0. The number of aromatic nitrogens is 1. The van der Waals surface area contributed by atoms with Gasteiger partial charge in [0.05, 0.1) is 20.1 Å². The Hall–Kier alpha value is -0.400. The molecule has 3 rings (SSSR count). The molecule has 0 radical (unpaired) electrons. The quantitative estimate of drug-likeness (QED) is 0.460. The first-order valence-corrected chi connectivity index (χ1v) is 7.18. The molecule has 1 N–H and O–H groups in total. The van der Waals surface area contributed by atoms with Gasteiger partial charge in [-0.15, -0.1) is 0 Å². The number of piperidine rings is 1. The van der Waals surface area contributed by atoms with Crippen molar-refractivity contribution in [1.82, 2.24) is 4.57 Å². The zero-order valence-corrected chi connectivity index (χ0v) is 14.3. The van der Waals surface area contributed by atoms with Gasteiger partial charge in [0, 0.05) is 30.1 Å². The molecule has 1 saturated heterocycles. The van der Waals surface area contributed by atoms with E-state index < -0.39 is 0 Å². The molecule has 3 heterocycles. The molecule has 5 heteroatoms. The van der Waals surface area contributed by atoms with Gasteiger partial charge in [0.2, 0.25) is 0 Å². The maximum Gasteiger partial charge on any atom is 0.250 e. The molecule has 0 amide bonds. The molecule has 0 aromatic carbocycles. The lowest BCUT2D eigenvalue weighted by atomic mass is 9.82. The second kappa shape index (κ2) is 5.77. The molecule has 1 aromatic rings. The van der Waals surface area contributed by atoms with Crippen LogP contribution < -0.4 is 29.5 Å². The average molecular weight is 390 g/mol. The highest BCUT2D eigenvalue weighted by Gasteiger charge is 2.42. The van der Waals surface area contributed by atoms with Crippen molar-refractivity contribution in [2.24, 2.45) is 5.92 Å². The summed E-state index contributed by atoms with van der Waals surface area (Å²) in [6, 6.07) is 5.64. The number of nitrogens with zero attached hydrogens (tertiary/aromatic N) is 2. The molecule has 112 valence electrons. The highest BCUT2D eigenvalue weighted by Crippen LogP contribution is 2.37. The summed E-state index contributed by atoms with van der Waals surface area (Å²) in [5.74, 6) is 1.03. The van der Waals surface area contributed by atoms with Crippen molar-refractivity contribution >= 4 is 0 Å². The molecule has 4 unspecified atom stereocenters. The molecule has 0 saturated carbocycles. The standard InChI is InChI=1S/C15H23N2O2.HI/c1-11(18)8-17(2)9-12-6-13(10-17)14-4-3-5-15(19)16(14)7-12;/h3-5,11-13,18H,6-10H2,1-2H3;1H/q+1;/p-1. The molecule has 4 atom stereocenters. The minimum Gasteiger partial charge on any atom is -1.00 e. The third-order valence-corrected chi connectivity index (χ3v) is 4.63. The van der Waals surface area contributed by atoms with E-state index in [4.69, 9.17) is 0 Å². The maximum atomic E-state index is 12.0. The van der Waals surface area contributed by atoms with E-state index in [0.29, 0.717) is 11.8 Å². The molecule has 4 nitrogen and oxygen atoms in total. The van der Waals surface area contributed by atoms with E-state index >= 15 is 0 Å². The SMILES string of the molecule is CC(O)C[N+]1(C)CC2CC(C1)c1cccc(=O)n1C2.[I-]. The van der Waals surface area contributed by atoms with E-state index in [9.17, 15) is 9.90 Å². The Labute approximate surface area is 137 Å². The largest absolute Gasteiger partial charge is 1.00 e. The van der Waals surface area contributed by atoms with Crippen molar-refractivity contribution in [1.29, 1.82) is 0 Å². The Balaban J connectivity index is 0.00000147. The van der Waals surface area contributed by atoms with Crippen molar-refractivity contribution in [3.63, 3.8) is 0 Å². The summed E-state index contributed by atoms with van der Waals surface area (Å²) in [4.78, 5) is 12.0. The van der Waals surface area contributed by atoms with Gasteiger partial charge in [-0.2, -0.15) is 0 Å². The number of quaternary nitrogens is 1. The Morgan fingerprint density at radius 3 is 2.90 bits per heavy atom. The Kier molecular flexibility index (Phi) is 4.61. The van der Waals surface area contributed by atoms with Crippen molar-refractivity contribution in [3.8, 4) is 0 Å². The third kappa shape index (κ3) is 2.94. The number of aliphatic hydroxyl groups is 1. The first-order valence-electron chi connectivity index (χ1n) is 7.18. The number of likely N-dealkylation sites (N-methyl/N-ethyl adjacent to an activating group) is 1. The van der Waals surface area contributed by atoms with E-state index in [0.717, 1.165) is 30.7 Å². The van der Waals surface area contributed by atoms with E-state index in [2.05, 4.69) is 13.1 Å². The van der Waals surface area contributed by atoms with Gasteiger partial charge in [-0.1, -0.05) is 6.07 Å². The van der Waals surface area contributed by atoms with Gasteiger partial charge >= 0.3 is 0 Å². The number of rotatable bonds is 2. The molecular weight excluding hydrogens is 367 g/mol. The fourth-order valence-corrected chi connectivity index (χ4v) is 4.26. The van der Waals surface area contributed by atoms with Crippen molar-refractivity contribution in [2.45, 2.75) is 31.9 Å². The highest BCUT2D eigenvalue weighted by atomic mass is 127. The van der Waals surface area contributed by atoms with Gasteiger partial charge in [0.1, 0.15) is 12.6 Å². The molecule has 1 aromatic heterocycles. The molecule has 0 aliphatic carbocycles. The second-order valence-corrected chi connectivity index (χ2v) is 6.71. The summed E-state index contributed by atoms with van der Waals surface area (Å²) in [7, 11) is 2.24. The van der Waals surface area contributed by atoms with Crippen LogP contribution in [-0.4, -0.2) is 46.9 Å². The summed E-state index contributed by atoms with van der Waals surface area (Å²) in [6.45, 7) is 5.63. The lowest BCUT2D eigenvalue weighted by molar-refractivity contribution is -0.922. The number of halogens is 1. The van der Waals surface area contributed by atoms with Crippen LogP contribution in [0.5, 0.6) is 0 Å². The van der Waals surface area contributed by atoms with Crippen LogP contribution >= 0.6 is 0 Å². The minimum absolute atomic E-state index is 0. The number of likely N-dealkylation sites (tertiary alicyclic amines) is 1. The van der Waals surface area contributed by atoms with Gasteiger partial charge in [-0.3, -0.25) is 4.79 Å². The minimum atomic E-state index is -0.262. The summed E-state index contributed by atoms with van der Waals surface area (Å²) < 4.78 is 2.89. The topological polar surface area (TPSA) is 42.2 Å². The maximum absolute atomic E-state index is 12.0. The van der Waals surface area contributed by atoms with Crippen LogP contribution in [0.25, 0.3) is 0 Å². The number of hydrogen-bond acceptors (Lipinski definition) is 2. The number of pyridine rings is 1. The second-order valence-electron chi connectivity index (χ2n) is 6.71. The van der Waals surface area contributed by atoms with Crippen LogP contribution in [0, 0.1) is 5.92 Å². The lowest BCUT2D eigenvalue weighted by Crippen LogP contribution is -3.00. The molecule has 2 aliphatic heterocycles. The van der Waals surface area contributed by atoms with Gasteiger partial charge in [-0.25, -0.2) is 0 Å². The van der Waals surface area contributed by atoms with E-state index in [-0.39, 0.29) is 35.6 Å². The summed E-state index contributed by atoms with van der Waals surface area (Å²) in [5, 5.41) is 9.70. The number of fused-ring (bicyclic) bond motifs is 4. The average Bonchev–Trinajstić information content (AvgIpc) is 2.28. The van der Waals surface area contributed by atoms with Crippen LogP contribution in [0.2, 0.25) is 0 Å². The number of aliphatic hydroxyl groups excluding tert-OH is 1. The normalized spacial score (nSPS) is 33.0. The van der Waals surface area contributed by atoms with Crippen LogP contribution in [-0.2, 0) is 6.54 Å². The molecule has 2 aliphatic rings. The van der Waals surface area contributed by atoms with E-state index in [1.165, 1.54) is 12.1 Å². The first kappa shape index (κ1) is 16.0. The van der Waals surface area contributed by atoms with Crippen LogP contribution in [0.3, 0.4) is 0 Å². The number of hydrogen-bond donors (Lipinski definition) is 1. The Morgan fingerprint density at radius 1 is 1.45 bits per heavy atom. The van der Waals surface area contributed by atoms with Gasteiger partial charge < -0.3 is 38.1 Å². The molecule has 2 bridgehead atoms. The lowest BCUT2D eigenvalue weighted by Gasteiger charge is -2.48. The molecular formula is C15H23IN2O2. The van der Waals surface area contributed by atoms with E-state index in [1.807, 2.05) is 17.6 Å². The van der Waals surface area contributed by atoms with Crippen molar-refractivity contribution in [2.75, 3.05) is 26.7 Å². The summed E-state index contributed by atoms with van der Waals surface area (Å²) in [6.07, 6.45) is 0.929. The molecule has 20 heavy (non-hydrogen) atoms. The van der Waals surface area contributed by atoms with Crippen LogP contribution in [0.4, 0.5) is 0 Å². The predicted molar refractivity (Wildman–Crippen MR) is 74.0 cm³/mol. The van der Waals surface area contributed by atoms with Gasteiger partial charge in [-0.05, 0) is 19.4 Å². The van der Waals surface area contributed by atoms with Crippen LogP contribution in [0.1, 0.15) is 25.0 Å². The first-order chi connectivity index (χ1) is 8.97. The van der Waals surface area contributed by atoms with E-state index in [1.54, 1.807) is 6.07 Å². The van der Waals surface area contributed by atoms with Gasteiger partial charge in [0.15, 0.2) is 0 Å². The fourth-order valence-electron chi connectivity index (χ4n) is 4.26. The third-order valence-electron chi connectivity index (χ3n) is 4.63. The smallest absolute Gasteiger partial charge is 0.250 e. The zero-order valence-electron chi connectivity index (χ0n) is 12.1. The fraction of sp³-hybridized carbons (Fsp3) is 0.667. The molecule has 1 fully saturated rings. The Bertz CT molecular complexity index is 543. The summed E-state index contributed by atoms with van der Waals surface area (Å²) in [5.41, 5.74) is 1.33. The zero-order chi connectivity index (χ0) is 13.6. The van der Waals surface area contributed by atoms with Crippen LogP contribution in [0.15, 0.2) is 23.0 Å². The predicted octanol–water partition coefficient (Wildman–Crippen LogP) is -2.20. The van der Waals surface area contributed by atoms with Crippen molar-refractivity contribution in [3.05, 3.63) is 34.2 Å². The van der Waals surface area contributed by atoms with Crippen molar-refractivity contribution < 1.29 is 33.6 Å². The highest BCUT2D eigenvalue weighted by molar-refractivity contribution is 5.15. The molecule has 0 spiro atoms. The Morgan fingerprint density at radius 2 is 2.20 bits per heavy atom. The monoisotopic (exact) mass is 390 g/mol.